The normalized spacial score (nSPS) is 17.3. The molecule has 0 radical (unpaired) electrons. The molecule has 1 aromatic heterocycles. The summed E-state index contributed by atoms with van der Waals surface area (Å²) in [6, 6.07) is 0.654. The minimum absolute atomic E-state index is 0.0280. The first-order chi connectivity index (χ1) is 28.5. The number of fused-ring (bicyclic) bond motifs is 1. The molecule has 20 nitrogen and oxygen atoms in total. The molecule has 7 N–H and O–H groups in total. The van der Waals surface area contributed by atoms with Gasteiger partial charge in [0.2, 0.25) is 35.4 Å². The van der Waals surface area contributed by atoms with E-state index < -0.39 is 103 Å². The predicted octanol–water partition coefficient (Wildman–Crippen LogP) is 0.966. The van der Waals surface area contributed by atoms with Crippen molar-refractivity contribution in [3.05, 3.63) is 46.5 Å². The highest BCUT2D eigenvalue weighted by Gasteiger charge is 2.44. The van der Waals surface area contributed by atoms with E-state index in [9.17, 15) is 43.9 Å². The third-order valence-corrected chi connectivity index (χ3v) is 10.8. The van der Waals surface area contributed by atoms with Crippen LogP contribution in [0.4, 0.5) is 0 Å². The molecule has 1 saturated heterocycles. The zero-order valence-electron chi connectivity index (χ0n) is 35.2. The summed E-state index contributed by atoms with van der Waals surface area (Å²) >= 11 is 0. The second-order valence-corrected chi connectivity index (χ2v) is 15.2. The molecule has 0 spiro atoms. The Morgan fingerprint density at radius 2 is 1.63 bits per heavy atom. The van der Waals surface area contributed by atoms with Crippen LogP contribution >= 0.6 is 0 Å². The van der Waals surface area contributed by atoms with E-state index in [1.165, 1.54) is 18.9 Å². The molecule has 7 atom stereocenters. The van der Waals surface area contributed by atoms with Crippen molar-refractivity contribution in [3.8, 4) is 0 Å². The van der Waals surface area contributed by atoms with Crippen molar-refractivity contribution >= 4 is 58.1 Å². The molecule has 2 heterocycles. The number of aliphatic carboxylic acids is 1. The molecule has 1 aromatic carbocycles. The summed E-state index contributed by atoms with van der Waals surface area (Å²) in [5, 5.41) is 29.7. The number of amides is 6. The van der Waals surface area contributed by atoms with Crippen LogP contribution in [0.3, 0.4) is 0 Å². The number of aryl methyl sites for hydroxylation is 1. The minimum Gasteiger partial charge on any atom is -0.481 e. The van der Waals surface area contributed by atoms with E-state index in [-0.39, 0.29) is 25.2 Å². The quantitative estimate of drug-likeness (QED) is 0.0340. The van der Waals surface area contributed by atoms with Gasteiger partial charge in [0.05, 0.1) is 24.9 Å². The molecule has 1 fully saturated rings. The van der Waals surface area contributed by atoms with Crippen molar-refractivity contribution in [2.45, 2.75) is 115 Å². The number of nitrogens with one attached hydrogen (secondary N) is 6. The molecule has 6 amide bonds. The van der Waals surface area contributed by atoms with Gasteiger partial charge in [0, 0.05) is 55.5 Å². The third-order valence-electron chi connectivity index (χ3n) is 10.8. The number of rotatable bonds is 24. The number of hydrogen-bond donors (Lipinski definition) is 7. The van der Waals surface area contributed by atoms with Crippen LogP contribution in [0.1, 0.15) is 77.7 Å². The second kappa shape index (κ2) is 23.5. The summed E-state index contributed by atoms with van der Waals surface area (Å²) < 4.78 is 1.90. The molecule has 20 heteroatoms. The lowest BCUT2D eigenvalue weighted by Gasteiger charge is -2.33. The summed E-state index contributed by atoms with van der Waals surface area (Å²) in [6.07, 6.45) is 2.46. The Labute approximate surface area is 348 Å². The lowest BCUT2D eigenvalue weighted by Crippen LogP contribution is -2.60. The first-order valence-corrected chi connectivity index (χ1v) is 20.2. The number of azide groups is 1. The average Bonchev–Trinajstić information content (AvgIpc) is 3.79. The Balaban J connectivity index is 1.97. The second-order valence-electron chi connectivity index (χ2n) is 15.2. The standard InChI is InChI=1S/C40H59N11O9/c1-7-23(2)36(47-38(58)30(20-34(54)43-5)44-33(53)15-16-35(55)56)40(60)51-22-26(48-49-41)19-32(51)39(59)46-29(18-25-21-50(6)31-14-9-8-12-27(25)31)37(57)45-28(24(3)52)13-10-11-17-42-4/h8-9,12,14,21,23,26,28-30,32,36,42H,7,10-11,13,15-20,22H2,1-6H3,(H,43,54)(H,44,53)(H,45,57)(H,46,59)(H,47,58)(H,55,56)/t23-,26-,28-,29-,30-,32-,36-/m0/s1. The molecule has 3 rings (SSSR count). The van der Waals surface area contributed by atoms with Crippen LogP contribution in [0.15, 0.2) is 35.6 Å². The van der Waals surface area contributed by atoms with Gasteiger partial charge in [-0.3, -0.25) is 38.4 Å². The van der Waals surface area contributed by atoms with Crippen LogP contribution in [0.2, 0.25) is 0 Å². The molecule has 0 bridgehead atoms. The number of nitrogens with zero attached hydrogens (tertiary/aromatic N) is 5. The van der Waals surface area contributed by atoms with Gasteiger partial charge in [-0.15, -0.1) is 0 Å². The van der Waals surface area contributed by atoms with Gasteiger partial charge in [-0.2, -0.15) is 0 Å². The molecule has 0 unspecified atom stereocenters. The maximum absolute atomic E-state index is 14.5. The number of aromatic nitrogens is 1. The summed E-state index contributed by atoms with van der Waals surface area (Å²) in [5.74, 6) is -6.39. The number of unbranched alkanes of at least 4 members (excludes halogenated alkanes) is 1. The number of hydrogen-bond acceptors (Lipinski definition) is 10. The number of carbonyl (C=O) groups is 8. The minimum atomic E-state index is -1.48. The van der Waals surface area contributed by atoms with Gasteiger partial charge in [-0.05, 0) is 69.3 Å². The lowest BCUT2D eigenvalue weighted by molar-refractivity contribution is -0.144. The fraction of sp³-hybridized carbons (Fsp3) is 0.600. The van der Waals surface area contributed by atoms with Crippen molar-refractivity contribution in [3.63, 3.8) is 0 Å². The SMILES string of the molecule is CC[C@H](C)[C@H](NC(=O)[C@H](CC(=O)NC)NC(=O)CCC(=O)O)C(=O)N1C[C@@H](N=[N+]=[N-])C[C@H]1C(=O)N[C@@H](Cc1cn(C)c2ccccc12)C(=O)N[C@@H](CCCCNC)C(C)=O. The summed E-state index contributed by atoms with van der Waals surface area (Å²) in [7, 11) is 5.01. The van der Waals surface area contributed by atoms with Crippen LogP contribution < -0.4 is 31.9 Å². The monoisotopic (exact) mass is 837 g/mol. The van der Waals surface area contributed by atoms with Crippen molar-refractivity contribution in [2.24, 2.45) is 18.1 Å². The molecule has 0 aliphatic carbocycles. The molecule has 1 aliphatic heterocycles. The Morgan fingerprint density at radius 3 is 2.27 bits per heavy atom. The van der Waals surface area contributed by atoms with E-state index in [1.54, 1.807) is 13.8 Å². The van der Waals surface area contributed by atoms with Gasteiger partial charge in [0.15, 0.2) is 5.78 Å². The van der Waals surface area contributed by atoms with Crippen LogP contribution in [-0.4, -0.2) is 125 Å². The van der Waals surface area contributed by atoms with Gasteiger partial charge in [0.1, 0.15) is 24.2 Å². The van der Waals surface area contributed by atoms with E-state index in [1.807, 2.05) is 49.1 Å². The molecular weight excluding hydrogens is 779 g/mol. The van der Waals surface area contributed by atoms with Gasteiger partial charge in [-0.1, -0.05) is 43.6 Å². The van der Waals surface area contributed by atoms with Crippen molar-refractivity contribution < 1.29 is 43.5 Å². The molecular formula is C40H59N11O9. The maximum atomic E-state index is 14.5. The Hall–Kier alpha value is -6.01. The van der Waals surface area contributed by atoms with Gasteiger partial charge < -0.3 is 46.5 Å². The molecule has 0 saturated carbocycles. The Kier molecular flexibility index (Phi) is 19.0. The first-order valence-electron chi connectivity index (χ1n) is 20.2. The van der Waals surface area contributed by atoms with E-state index in [0.29, 0.717) is 19.3 Å². The smallest absolute Gasteiger partial charge is 0.303 e. The number of carboxylic acid groups (broad SMARTS) is 1. The number of para-hydroxylation sites is 1. The first kappa shape index (κ1) is 48.4. The highest BCUT2D eigenvalue weighted by molar-refractivity contribution is 5.98. The topological polar surface area (TPSA) is 286 Å². The highest BCUT2D eigenvalue weighted by Crippen LogP contribution is 2.26. The number of Topliss-reactive ketones (excluding diaryl/α,β-unsaturated/α-hetero) is 1. The molecule has 328 valence electrons. The molecule has 60 heavy (non-hydrogen) atoms. The number of carbonyl (C=O) groups excluding carboxylic acids is 7. The molecule has 2 aromatic rings. The van der Waals surface area contributed by atoms with Crippen LogP contribution in [-0.2, 0) is 51.8 Å². The summed E-state index contributed by atoms with van der Waals surface area (Å²) in [4.78, 5) is 109. The number of benzene rings is 1. The molecule has 1 aliphatic rings. The number of likely N-dealkylation sites (tertiary alicyclic amines) is 1. The average molecular weight is 838 g/mol. The van der Waals surface area contributed by atoms with Crippen molar-refractivity contribution in [1.82, 2.24) is 41.4 Å². The summed E-state index contributed by atoms with van der Waals surface area (Å²) in [6.45, 7) is 5.38. The maximum Gasteiger partial charge on any atom is 0.303 e. The van der Waals surface area contributed by atoms with Crippen LogP contribution in [0.5, 0.6) is 0 Å². The Morgan fingerprint density at radius 1 is 0.933 bits per heavy atom. The van der Waals surface area contributed by atoms with E-state index in [4.69, 9.17) is 5.11 Å². The number of ketones is 1. The van der Waals surface area contributed by atoms with E-state index >= 15 is 0 Å². The third kappa shape index (κ3) is 13.8. The zero-order chi connectivity index (χ0) is 44.5. The van der Waals surface area contributed by atoms with E-state index in [0.717, 1.165) is 29.4 Å². The number of carboxylic acids is 1. The lowest BCUT2D eigenvalue weighted by atomic mass is 9.96. The van der Waals surface area contributed by atoms with Crippen LogP contribution in [0, 0.1) is 5.92 Å². The fourth-order valence-corrected chi connectivity index (χ4v) is 7.15. The van der Waals surface area contributed by atoms with Crippen LogP contribution in [0.25, 0.3) is 21.3 Å². The predicted molar refractivity (Wildman–Crippen MR) is 221 cm³/mol. The Bertz CT molecular complexity index is 1930. The summed E-state index contributed by atoms with van der Waals surface area (Å²) in [5.41, 5.74) is 11.0. The largest absolute Gasteiger partial charge is 0.481 e. The van der Waals surface area contributed by atoms with Gasteiger partial charge >= 0.3 is 5.97 Å². The fourth-order valence-electron chi connectivity index (χ4n) is 7.15. The van der Waals surface area contributed by atoms with Crippen molar-refractivity contribution in [1.29, 1.82) is 0 Å². The van der Waals surface area contributed by atoms with Gasteiger partial charge in [0.25, 0.3) is 0 Å². The van der Waals surface area contributed by atoms with Crippen molar-refractivity contribution in [2.75, 3.05) is 27.2 Å². The van der Waals surface area contributed by atoms with Gasteiger partial charge in [-0.25, -0.2) is 0 Å². The zero-order valence-corrected chi connectivity index (χ0v) is 35.2. The highest BCUT2D eigenvalue weighted by atomic mass is 16.4. The van der Waals surface area contributed by atoms with E-state index in [2.05, 4.69) is 41.9 Å².